The quantitative estimate of drug-likeness (QED) is 0.857. The number of Topliss-reactive ketones (excluding diaryl/α,β-unsaturated/α-hetero) is 1. The van der Waals surface area contributed by atoms with Gasteiger partial charge in [0.1, 0.15) is 5.69 Å². The largest absolute Gasteiger partial charge is 0.478 e. The number of carbonyl (C=O) groups excluding carboxylic acids is 1. The first-order chi connectivity index (χ1) is 9.20. The number of rotatable bonds is 2. The number of carboxylic acid groups (broad SMARTS) is 1. The van der Waals surface area contributed by atoms with E-state index in [1.807, 2.05) is 0 Å². The van der Waals surface area contributed by atoms with Crippen molar-refractivity contribution in [1.29, 1.82) is 0 Å². The molecule has 0 unspecified atom stereocenters. The number of hydrogen-bond acceptors (Lipinski definition) is 4. The van der Waals surface area contributed by atoms with Gasteiger partial charge in [-0.05, 0) is 18.2 Å². The number of fused-ring (bicyclic) bond motifs is 1. The lowest BCUT2D eigenvalue weighted by Crippen LogP contribution is -2.16. The maximum atomic E-state index is 12.8. The van der Waals surface area contributed by atoms with Crippen LogP contribution in [0, 0.1) is 0 Å². The smallest absolute Gasteiger partial charge is 0.434 e. The number of halogens is 3. The predicted octanol–water partition coefficient (Wildman–Crippen LogP) is 2.55. The molecule has 0 amide bonds. The molecule has 0 radical (unpaired) electrons. The number of nitrogens with zero attached hydrogens (tertiary/aromatic N) is 2. The number of carboxylic acids is 1. The van der Waals surface area contributed by atoms with Gasteiger partial charge < -0.3 is 5.11 Å². The molecular formula is C12H7F3N2O3. The summed E-state index contributed by atoms with van der Waals surface area (Å²) in [4.78, 5) is 28.9. The van der Waals surface area contributed by atoms with Crippen molar-refractivity contribution in [3.8, 4) is 0 Å². The highest BCUT2D eigenvalue weighted by Crippen LogP contribution is 2.32. The van der Waals surface area contributed by atoms with Crippen LogP contribution in [0.25, 0.3) is 11.0 Å². The molecular weight excluding hydrogens is 277 g/mol. The molecule has 0 aliphatic heterocycles. The van der Waals surface area contributed by atoms with Crippen molar-refractivity contribution in [2.24, 2.45) is 0 Å². The summed E-state index contributed by atoms with van der Waals surface area (Å²) in [5, 5.41) is 8.93. The summed E-state index contributed by atoms with van der Waals surface area (Å²) in [6, 6.07) is 3.44. The minimum absolute atomic E-state index is 0.0406. The Balaban J connectivity index is 2.79. The molecule has 0 aromatic carbocycles. The molecule has 5 nitrogen and oxygen atoms in total. The van der Waals surface area contributed by atoms with E-state index in [9.17, 15) is 22.8 Å². The number of aromatic carboxylic acids is 1. The monoisotopic (exact) mass is 284 g/mol. The summed E-state index contributed by atoms with van der Waals surface area (Å²) in [7, 11) is 0. The highest BCUT2D eigenvalue weighted by atomic mass is 19.4. The Labute approximate surface area is 110 Å². The highest BCUT2D eigenvalue weighted by Gasteiger charge is 2.38. The van der Waals surface area contributed by atoms with Gasteiger partial charge in [-0.3, -0.25) is 4.79 Å². The fourth-order valence-corrected chi connectivity index (χ4v) is 1.63. The van der Waals surface area contributed by atoms with E-state index >= 15 is 0 Å². The Bertz CT molecular complexity index is 726. The minimum atomic E-state index is -4.92. The van der Waals surface area contributed by atoms with E-state index < -0.39 is 29.2 Å². The zero-order valence-corrected chi connectivity index (χ0v) is 10.0. The van der Waals surface area contributed by atoms with Crippen molar-refractivity contribution in [3.63, 3.8) is 0 Å². The summed E-state index contributed by atoms with van der Waals surface area (Å²) < 4.78 is 38.3. The van der Waals surface area contributed by atoms with Crippen LogP contribution in [0.2, 0.25) is 0 Å². The molecule has 0 saturated carbocycles. The summed E-state index contributed by atoms with van der Waals surface area (Å²) in [6.07, 6.45) is -4.92. The van der Waals surface area contributed by atoms with Gasteiger partial charge in [0.2, 0.25) is 0 Å². The van der Waals surface area contributed by atoms with Crippen molar-refractivity contribution in [3.05, 3.63) is 35.2 Å². The third kappa shape index (κ3) is 2.44. The van der Waals surface area contributed by atoms with Crippen molar-refractivity contribution in [2.75, 3.05) is 0 Å². The van der Waals surface area contributed by atoms with Crippen LogP contribution in [0.1, 0.15) is 33.5 Å². The Morgan fingerprint density at radius 2 is 1.85 bits per heavy atom. The van der Waals surface area contributed by atoms with Crippen LogP contribution in [0.15, 0.2) is 18.2 Å². The molecule has 2 aromatic rings. The Hall–Kier alpha value is -2.51. The normalized spacial score (nSPS) is 11.6. The van der Waals surface area contributed by atoms with E-state index in [4.69, 9.17) is 5.11 Å². The topological polar surface area (TPSA) is 80.2 Å². The third-order valence-electron chi connectivity index (χ3n) is 2.54. The lowest BCUT2D eigenvalue weighted by Gasteiger charge is -2.10. The first-order valence-electron chi connectivity index (χ1n) is 5.33. The number of pyridine rings is 2. The Kier molecular flexibility index (Phi) is 3.16. The van der Waals surface area contributed by atoms with Crippen LogP contribution < -0.4 is 0 Å². The van der Waals surface area contributed by atoms with Gasteiger partial charge in [-0.25, -0.2) is 14.8 Å². The summed E-state index contributed by atoms with van der Waals surface area (Å²) in [5.74, 6) is -2.16. The molecule has 8 heteroatoms. The zero-order chi connectivity index (χ0) is 15.1. The molecule has 2 heterocycles. The Morgan fingerprint density at radius 1 is 1.20 bits per heavy atom. The summed E-state index contributed by atoms with van der Waals surface area (Å²) >= 11 is 0. The predicted molar refractivity (Wildman–Crippen MR) is 61.5 cm³/mol. The molecule has 20 heavy (non-hydrogen) atoms. The molecule has 2 rings (SSSR count). The second-order valence-electron chi connectivity index (χ2n) is 3.99. The minimum Gasteiger partial charge on any atom is -0.478 e. The van der Waals surface area contributed by atoms with E-state index in [1.54, 1.807) is 0 Å². The maximum absolute atomic E-state index is 12.8. The number of carbonyl (C=O) groups is 2. The van der Waals surface area contributed by atoms with Crippen molar-refractivity contribution in [2.45, 2.75) is 13.1 Å². The molecule has 0 aliphatic rings. The van der Waals surface area contributed by atoms with Gasteiger partial charge in [-0.2, -0.15) is 13.2 Å². The molecule has 0 fully saturated rings. The van der Waals surface area contributed by atoms with E-state index in [2.05, 4.69) is 9.97 Å². The Morgan fingerprint density at radius 3 is 2.35 bits per heavy atom. The molecule has 0 spiro atoms. The van der Waals surface area contributed by atoms with Crippen molar-refractivity contribution >= 4 is 22.8 Å². The van der Waals surface area contributed by atoms with Gasteiger partial charge in [-0.15, -0.1) is 0 Å². The standard InChI is InChI=1S/C12H7F3N2O3/c1-5(18)8-3-2-6-4-7(11(19)20)9(12(13,14)15)17-10(6)16-8/h2-4H,1H3,(H,19,20). The van der Waals surface area contributed by atoms with E-state index in [1.165, 1.54) is 19.1 Å². The molecule has 2 aromatic heterocycles. The number of hydrogen-bond donors (Lipinski definition) is 1. The second kappa shape index (κ2) is 4.55. The maximum Gasteiger partial charge on any atom is 0.434 e. The molecule has 1 N–H and O–H groups in total. The molecule has 0 atom stereocenters. The lowest BCUT2D eigenvalue weighted by atomic mass is 10.1. The van der Waals surface area contributed by atoms with Gasteiger partial charge in [0.25, 0.3) is 0 Å². The van der Waals surface area contributed by atoms with Crippen molar-refractivity contribution in [1.82, 2.24) is 9.97 Å². The fourth-order valence-electron chi connectivity index (χ4n) is 1.63. The van der Waals surface area contributed by atoms with E-state index in [0.717, 1.165) is 6.07 Å². The average Bonchev–Trinajstić information content (AvgIpc) is 2.35. The highest BCUT2D eigenvalue weighted by molar-refractivity contribution is 5.96. The summed E-state index contributed by atoms with van der Waals surface area (Å²) in [6.45, 7) is 1.21. The fraction of sp³-hybridized carbons (Fsp3) is 0.167. The SMILES string of the molecule is CC(=O)c1ccc2cc(C(=O)O)c(C(F)(F)F)nc2n1. The van der Waals surface area contributed by atoms with Crippen LogP contribution in [-0.4, -0.2) is 26.8 Å². The van der Waals surface area contributed by atoms with Crippen LogP contribution in [0.3, 0.4) is 0 Å². The van der Waals surface area contributed by atoms with Gasteiger partial charge in [-0.1, -0.05) is 0 Å². The average molecular weight is 284 g/mol. The summed E-state index contributed by atoms with van der Waals surface area (Å²) in [5.41, 5.74) is -2.86. The van der Waals surface area contributed by atoms with E-state index in [0.29, 0.717) is 0 Å². The second-order valence-corrected chi connectivity index (χ2v) is 3.99. The lowest BCUT2D eigenvalue weighted by molar-refractivity contribution is -0.141. The van der Waals surface area contributed by atoms with Crippen molar-refractivity contribution < 1.29 is 27.9 Å². The number of ketones is 1. The van der Waals surface area contributed by atoms with Crippen LogP contribution in [-0.2, 0) is 6.18 Å². The first-order valence-corrected chi connectivity index (χ1v) is 5.33. The number of alkyl halides is 3. The third-order valence-corrected chi connectivity index (χ3v) is 2.54. The van der Waals surface area contributed by atoms with Gasteiger partial charge in [0.15, 0.2) is 17.1 Å². The van der Waals surface area contributed by atoms with Crippen LogP contribution in [0.5, 0.6) is 0 Å². The van der Waals surface area contributed by atoms with E-state index in [-0.39, 0.29) is 16.7 Å². The molecule has 0 saturated heterocycles. The molecule has 0 aliphatic carbocycles. The first kappa shape index (κ1) is 13.9. The van der Waals surface area contributed by atoms with Gasteiger partial charge in [0.05, 0.1) is 5.56 Å². The molecule has 104 valence electrons. The van der Waals surface area contributed by atoms with Gasteiger partial charge >= 0.3 is 12.1 Å². The molecule has 0 bridgehead atoms. The van der Waals surface area contributed by atoms with Crippen LogP contribution in [0.4, 0.5) is 13.2 Å². The number of aromatic nitrogens is 2. The van der Waals surface area contributed by atoms with Crippen LogP contribution >= 0.6 is 0 Å². The zero-order valence-electron chi connectivity index (χ0n) is 10.0. The van der Waals surface area contributed by atoms with Gasteiger partial charge in [0, 0.05) is 12.3 Å².